The highest BCUT2D eigenvalue weighted by Gasteiger charge is 2.22. The summed E-state index contributed by atoms with van der Waals surface area (Å²) in [6.07, 6.45) is 1.11. The summed E-state index contributed by atoms with van der Waals surface area (Å²) in [5.74, 6) is -1.03. The zero-order valence-corrected chi connectivity index (χ0v) is 20.9. The quantitative estimate of drug-likeness (QED) is 0.381. The Kier molecular flexibility index (Phi) is 6.90. The van der Waals surface area contributed by atoms with E-state index >= 15 is 0 Å². The molecule has 3 amide bonds. The van der Waals surface area contributed by atoms with Gasteiger partial charge in [0.2, 0.25) is 0 Å². The lowest BCUT2D eigenvalue weighted by Gasteiger charge is -2.29. The van der Waals surface area contributed by atoms with Gasteiger partial charge < -0.3 is 15.5 Å². The molecule has 0 aliphatic carbocycles. The van der Waals surface area contributed by atoms with Crippen molar-refractivity contribution in [2.45, 2.75) is 19.8 Å². The Morgan fingerprint density at radius 2 is 1.68 bits per heavy atom. The van der Waals surface area contributed by atoms with Crippen LogP contribution in [0.5, 0.6) is 0 Å². The van der Waals surface area contributed by atoms with Crippen molar-refractivity contribution in [3.63, 3.8) is 0 Å². The molecule has 2 heterocycles. The molecule has 0 saturated carbocycles. The number of hydrogen-bond donors (Lipinski definition) is 2. The molecule has 0 spiro atoms. The minimum Gasteiger partial charge on any atom is -0.364 e. The number of nitrogens with two attached hydrogens (primary N) is 1. The van der Waals surface area contributed by atoms with Crippen LogP contribution in [0.25, 0.3) is 16.8 Å². The molecule has 1 aromatic heterocycles. The number of hydroxylamine groups is 1. The van der Waals surface area contributed by atoms with Gasteiger partial charge in [0, 0.05) is 24.3 Å². The molecular weight excluding hydrogens is 482 g/mol. The summed E-state index contributed by atoms with van der Waals surface area (Å²) < 4.78 is 1.70. The first-order chi connectivity index (χ1) is 18.4. The number of hydrogen-bond acceptors (Lipinski definition) is 5. The van der Waals surface area contributed by atoms with Crippen LogP contribution >= 0.6 is 0 Å². The number of aromatic nitrogens is 2. The summed E-state index contributed by atoms with van der Waals surface area (Å²) in [5.41, 5.74) is 14.1. The first-order valence-corrected chi connectivity index (χ1v) is 12.3. The van der Waals surface area contributed by atoms with Gasteiger partial charge in [0.15, 0.2) is 5.69 Å². The number of primary amides is 1. The van der Waals surface area contributed by atoms with Gasteiger partial charge in [-0.3, -0.25) is 9.59 Å². The molecule has 0 unspecified atom stereocenters. The maximum Gasteiger partial charge on any atom is 0.434 e. The summed E-state index contributed by atoms with van der Waals surface area (Å²) in [6, 6.07) is 24.9. The lowest BCUT2D eigenvalue weighted by molar-refractivity contribution is 0.0327. The third-order valence-electron chi connectivity index (χ3n) is 6.54. The molecule has 3 aromatic carbocycles. The molecule has 38 heavy (non-hydrogen) atoms. The average molecular weight is 510 g/mol. The number of amides is 3. The van der Waals surface area contributed by atoms with Gasteiger partial charge >= 0.3 is 6.09 Å². The van der Waals surface area contributed by atoms with Crippen molar-refractivity contribution in [3.8, 4) is 16.8 Å². The Balaban J connectivity index is 1.28. The van der Waals surface area contributed by atoms with Crippen LogP contribution in [0.1, 0.15) is 44.1 Å². The number of benzene rings is 3. The topological polar surface area (TPSA) is 120 Å². The molecule has 0 radical (unpaired) electrons. The number of aryl methyl sites for hydroxylation is 1. The maximum atomic E-state index is 12.4. The minimum absolute atomic E-state index is 0.233. The smallest absolute Gasteiger partial charge is 0.364 e. The Morgan fingerprint density at radius 3 is 2.32 bits per heavy atom. The molecule has 0 atom stereocenters. The second-order valence-electron chi connectivity index (χ2n) is 9.16. The minimum atomic E-state index is -0.556. The van der Waals surface area contributed by atoms with E-state index in [1.165, 1.54) is 4.90 Å². The van der Waals surface area contributed by atoms with Crippen molar-refractivity contribution in [3.05, 3.63) is 107 Å². The predicted octanol–water partition coefficient (Wildman–Crippen LogP) is 4.02. The molecule has 0 bridgehead atoms. The van der Waals surface area contributed by atoms with Gasteiger partial charge in [0.25, 0.3) is 11.8 Å². The van der Waals surface area contributed by atoms with E-state index in [4.69, 9.17) is 10.6 Å². The van der Waals surface area contributed by atoms with Gasteiger partial charge in [-0.25, -0.2) is 9.48 Å². The monoisotopic (exact) mass is 509 g/mol. The van der Waals surface area contributed by atoms with Crippen LogP contribution in [-0.4, -0.2) is 45.7 Å². The highest BCUT2D eigenvalue weighted by atomic mass is 16.7. The Morgan fingerprint density at radius 1 is 0.974 bits per heavy atom. The Labute approximate surface area is 219 Å². The lowest BCUT2D eigenvalue weighted by atomic mass is 9.94. The molecule has 5 rings (SSSR count). The zero-order valence-electron chi connectivity index (χ0n) is 20.9. The summed E-state index contributed by atoms with van der Waals surface area (Å²) in [7, 11) is 0. The van der Waals surface area contributed by atoms with Gasteiger partial charge in [-0.15, -0.1) is 0 Å². The molecule has 4 aromatic rings. The van der Waals surface area contributed by atoms with E-state index in [2.05, 4.69) is 16.6 Å². The molecule has 1 aliphatic heterocycles. The summed E-state index contributed by atoms with van der Waals surface area (Å²) in [5, 5.41) is 4.29. The Bertz CT molecular complexity index is 1490. The summed E-state index contributed by atoms with van der Waals surface area (Å²) in [4.78, 5) is 42.0. The Hall–Kier alpha value is -4.92. The fourth-order valence-electron chi connectivity index (χ4n) is 4.30. The fraction of sp³-hybridized carbons (Fsp3) is 0.172. The third kappa shape index (κ3) is 5.27. The van der Waals surface area contributed by atoms with E-state index in [-0.39, 0.29) is 5.69 Å². The van der Waals surface area contributed by atoms with E-state index in [9.17, 15) is 14.4 Å². The molecule has 1 aliphatic rings. The van der Waals surface area contributed by atoms with Gasteiger partial charge in [0.1, 0.15) is 0 Å². The standard InChI is InChI=1S/C29H27N5O4/c1-19-17-26(27(30)35)31-34(19)24-13-7-20(8-14-24)18-23-5-2-3-6-25(23)21-9-11-22(12-10-21)28(36)32-38-29(37)33-15-4-16-33/h2-3,5-14,17H,4,15-16,18H2,1H3,(H2,30,35)(H,32,36). The maximum absolute atomic E-state index is 12.4. The van der Waals surface area contributed by atoms with Crippen molar-refractivity contribution in [2.75, 3.05) is 13.1 Å². The second kappa shape index (κ2) is 10.6. The number of carbonyl (C=O) groups is 3. The second-order valence-corrected chi connectivity index (χ2v) is 9.16. The first-order valence-electron chi connectivity index (χ1n) is 12.3. The van der Waals surface area contributed by atoms with Crippen LogP contribution in [0.4, 0.5) is 4.79 Å². The van der Waals surface area contributed by atoms with Crippen molar-refractivity contribution >= 4 is 17.9 Å². The molecule has 3 N–H and O–H groups in total. The molecule has 1 fully saturated rings. The lowest BCUT2D eigenvalue weighted by Crippen LogP contribution is -2.45. The highest BCUT2D eigenvalue weighted by molar-refractivity contribution is 5.94. The third-order valence-corrected chi connectivity index (χ3v) is 6.54. The molecule has 1 saturated heterocycles. The first kappa shape index (κ1) is 24.8. The molecule has 192 valence electrons. The number of nitrogens with zero attached hydrogens (tertiary/aromatic N) is 3. The average Bonchev–Trinajstić information content (AvgIpc) is 3.29. The number of carbonyl (C=O) groups excluding carboxylic acids is 3. The van der Waals surface area contributed by atoms with Crippen molar-refractivity contribution in [1.82, 2.24) is 20.2 Å². The van der Waals surface area contributed by atoms with Crippen molar-refractivity contribution in [2.24, 2.45) is 5.73 Å². The van der Waals surface area contributed by atoms with Gasteiger partial charge in [-0.2, -0.15) is 10.6 Å². The van der Waals surface area contributed by atoms with Gasteiger partial charge in [0.05, 0.1) is 5.69 Å². The van der Waals surface area contributed by atoms with E-state index in [0.29, 0.717) is 25.1 Å². The van der Waals surface area contributed by atoms with Crippen LogP contribution in [0.3, 0.4) is 0 Å². The zero-order chi connectivity index (χ0) is 26.6. The fourth-order valence-corrected chi connectivity index (χ4v) is 4.30. The number of likely N-dealkylation sites (tertiary alicyclic amines) is 1. The van der Waals surface area contributed by atoms with E-state index < -0.39 is 17.9 Å². The predicted molar refractivity (Wildman–Crippen MR) is 142 cm³/mol. The van der Waals surface area contributed by atoms with Gasteiger partial charge in [-0.1, -0.05) is 48.5 Å². The molecular formula is C29H27N5O4. The van der Waals surface area contributed by atoms with Crippen LogP contribution in [0.2, 0.25) is 0 Å². The SMILES string of the molecule is Cc1cc(C(N)=O)nn1-c1ccc(Cc2ccccc2-c2ccc(C(=O)NOC(=O)N3CCC3)cc2)cc1. The summed E-state index contributed by atoms with van der Waals surface area (Å²) >= 11 is 0. The largest absolute Gasteiger partial charge is 0.434 e. The van der Waals surface area contributed by atoms with E-state index in [0.717, 1.165) is 40.1 Å². The molecule has 9 heteroatoms. The van der Waals surface area contributed by atoms with Crippen LogP contribution < -0.4 is 11.2 Å². The van der Waals surface area contributed by atoms with Gasteiger partial charge in [-0.05, 0) is 72.4 Å². The number of rotatable bonds is 6. The van der Waals surface area contributed by atoms with Crippen LogP contribution in [-0.2, 0) is 11.3 Å². The molecule has 9 nitrogen and oxygen atoms in total. The normalized spacial score (nSPS) is 12.5. The summed E-state index contributed by atoms with van der Waals surface area (Å²) in [6.45, 7) is 3.17. The highest BCUT2D eigenvalue weighted by Crippen LogP contribution is 2.26. The number of nitrogens with one attached hydrogen (secondary N) is 1. The van der Waals surface area contributed by atoms with E-state index in [1.807, 2.05) is 61.5 Å². The van der Waals surface area contributed by atoms with Crippen LogP contribution in [0, 0.1) is 6.92 Å². The van der Waals surface area contributed by atoms with Crippen molar-refractivity contribution < 1.29 is 19.2 Å². The van der Waals surface area contributed by atoms with Crippen molar-refractivity contribution in [1.29, 1.82) is 0 Å². The van der Waals surface area contributed by atoms with E-state index in [1.54, 1.807) is 22.9 Å². The van der Waals surface area contributed by atoms with Crippen LogP contribution in [0.15, 0.2) is 78.9 Å².